The molecule has 170 valence electrons. The maximum atomic E-state index is 13.3. The van der Waals surface area contributed by atoms with Crippen molar-refractivity contribution >= 4 is 23.2 Å². The van der Waals surface area contributed by atoms with E-state index in [1.165, 1.54) is 12.1 Å². The SMILES string of the molecule is O=C(CCCOc1ccc2c(c1)CCC(=O)N2)Nc1cccc(COc2cccc(F)c2)c1. The highest BCUT2D eigenvalue weighted by Crippen LogP contribution is 2.27. The number of ether oxygens (including phenoxy) is 2. The van der Waals surface area contributed by atoms with Gasteiger partial charge >= 0.3 is 0 Å². The third kappa shape index (κ3) is 6.55. The van der Waals surface area contributed by atoms with E-state index >= 15 is 0 Å². The Hall–Kier alpha value is -3.87. The number of nitrogens with one attached hydrogen (secondary N) is 2. The van der Waals surface area contributed by atoms with Gasteiger partial charge in [0.05, 0.1) is 6.61 Å². The van der Waals surface area contributed by atoms with Crippen LogP contribution in [-0.2, 0) is 22.6 Å². The monoisotopic (exact) mass is 448 g/mol. The minimum atomic E-state index is -0.349. The Morgan fingerprint density at radius 1 is 0.970 bits per heavy atom. The van der Waals surface area contributed by atoms with Crippen molar-refractivity contribution < 1.29 is 23.5 Å². The third-order valence-electron chi connectivity index (χ3n) is 5.20. The fraction of sp³-hybridized carbons (Fsp3) is 0.231. The van der Waals surface area contributed by atoms with Crippen molar-refractivity contribution in [2.24, 2.45) is 0 Å². The van der Waals surface area contributed by atoms with E-state index in [0.29, 0.717) is 43.7 Å². The number of fused-ring (bicyclic) bond motifs is 1. The van der Waals surface area contributed by atoms with Crippen molar-refractivity contribution in [3.8, 4) is 11.5 Å². The summed E-state index contributed by atoms with van der Waals surface area (Å²) in [6, 6.07) is 18.9. The molecule has 0 spiro atoms. The molecule has 6 nitrogen and oxygen atoms in total. The first-order chi connectivity index (χ1) is 16.0. The molecule has 33 heavy (non-hydrogen) atoms. The maximum absolute atomic E-state index is 13.3. The number of carbonyl (C=O) groups excluding carboxylic acids is 2. The molecule has 2 amide bonds. The lowest BCUT2D eigenvalue weighted by atomic mass is 10.0. The van der Waals surface area contributed by atoms with Gasteiger partial charge in [-0.25, -0.2) is 4.39 Å². The standard InChI is InChI=1S/C26H25FN2O4/c27-20-5-2-7-22(16-20)33-17-18-4-1-6-21(14-18)28-25(30)8-3-13-32-23-10-11-24-19(15-23)9-12-26(31)29-24/h1-2,4-7,10-11,14-16H,3,8-9,12-13,17H2,(H,28,30)(H,29,31). The molecule has 1 aliphatic heterocycles. The van der Waals surface area contributed by atoms with Crippen LogP contribution >= 0.6 is 0 Å². The van der Waals surface area contributed by atoms with Crippen LogP contribution in [0.2, 0.25) is 0 Å². The van der Waals surface area contributed by atoms with Crippen LogP contribution in [0.15, 0.2) is 66.7 Å². The van der Waals surface area contributed by atoms with Crippen LogP contribution in [0.1, 0.15) is 30.4 Å². The summed E-state index contributed by atoms with van der Waals surface area (Å²) in [4.78, 5) is 23.7. The second kappa shape index (κ2) is 10.6. The molecule has 4 rings (SSSR count). The van der Waals surface area contributed by atoms with E-state index in [0.717, 1.165) is 22.6 Å². The summed E-state index contributed by atoms with van der Waals surface area (Å²) in [5.41, 5.74) is 3.44. The Morgan fingerprint density at radius 2 is 1.82 bits per heavy atom. The molecule has 0 fully saturated rings. The predicted molar refractivity (Wildman–Crippen MR) is 124 cm³/mol. The molecule has 0 aromatic heterocycles. The fourth-order valence-electron chi connectivity index (χ4n) is 3.56. The molecule has 1 heterocycles. The van der Waals surface area contributed by atoms with Gasteiger partial charge in [-0.05, 0) is 66.4 Å². The third-order valence-corrected chi connectivity index (χ3v) is 5.20. The molecule has 0 radical (unpaired) electrons. The van der Waals surface area contributed by atoms with Crippen molar-refractivity contribution in [1.82, 2.24) is 0 Å². The molecule has 1 aliphatic rings. The molecule has 3 aromatic carbocycles. The van der Waals surface area contributed by atoms with Crippen molar-refractivity contribution in [1.29, 1.82) is 0 Å². The zero-order chi connectivity index (χ0) is 23.0. The first-order valence-electron chi connectivity index (χ1n) is 10.9. The number of benzene rings is 3. The van der Waals surface area contributed by atoms with Gasteiger partial charge in [0.1, 0.15) is 23.9 Å². The molecule has 0 bridgehead atoms. The average molecular weight is 448 g/mol. The van der Waals surface area contributed by atoms with E-state index in [1.54, 1.807) is 12.1 Å². The van der Waals surface area contributed by atoms with Crippen LogP contribution in [0.5, 0.6) is 11.5 Å². The van der Waals surface area contributed by atoms with Gasteiger partial charge in [-0.1, -0.05) is 18.2 Å². The number of hydrogen-bond acceptors (Lipinski definition) is 4. The summed E-state index contributed by atoms with van der Waals surface area (Å²) in [5.74, 6) is 0.767. The quantitative estimate of drug-likeness (QED) is 0.447. The predicted octanol–water partition coefficient (Wildman–Crippen LogP) is 5.09. The van der Waals surface area contributed by atoms with Crippen molar-refractivity contribution in [2.45, 2.75) is 32.3 Å². The smallest absolute Gasteiger partial charge is 0.224 e. The minimum absolute atomic E-state index is 0.0341. The van der Waals surface area contributed by atoms with E-state index < -0.39 is 0 Å². The molecule has 2 N–H and O–H groups in total. The summed E-state index contributed by atoms with van der Waals surface area (Å²) >= 11 is 0. The highest BCUT2D eigenvalue weighted by molar-refractivity contribution is 5.94. The number of amides is 2. The Morgan fingerprint density at radius 3 is 2.70 bits per heavy atom. The molecule has 3 aromatic rings. The van der Waals surface area contributed by atoms with Crippen LogP contribution in [0.3, 0.4) is 0 Å². The van der Waals surface area contributed by atoms with Crippen LogP contribution < -0.4 is 20.1 Å². The Balaban J connectivity index is 1.20. The minimum Gasteiger partial charge on any atom is -0.494 e. The highest BCUT2D eigenvalue weighted by Gasteiger charge is 2.15. The van der Waals surface area contributed by atoms with E-state index in [2.05, 4.69) is 10.6 Å². The normalized spacial score (nSPS) is 12.5. The molecule has 0 aliphatic carbocycles. The molecule has 0 saturated carbocycles. The van der Waals surface area contributed by atoms with Gasteiger partial charge in [0.15, 0.2) is 0 Å². The lowest BCUT2D eigenvalue weighted by Crippen LogP contribution is -2.18. The Kier molecular flexibility index (Phi) is 7.19. The Bertz CT molecular complexity index is 1150. The summed E-state index contributed by atoms with van der Waals surface area (Å²) in [5, 5.41) is 5.73. The lowest BCUT2D eigenvalue weighted by Gasteiger charge is -2.17. The van der Waals surface area contributed by atoms with E-state index in [4.69, 9.17) is 9.47 Å². The number of halogens is 1. The topological polar surface area (TPSA) is 76.7 Å². The van der Waals surface area contributed by atoms with Crippen LogP contribution in [0, 0.1) is 5.82 Å². The summed E-state index contributed by atoms with van der Waals surface area (Å²) in [7, 11) is 0. The van der Waals surface area contributed by atoms with Crippen molar-refractivity contribution in [3.05, 3.63) is 83.7 Å². The zero-order valence-electron chi connectivity index (χ0n) is 18.1. The van der Waals surface area contributed by atoms with Crippen LogP contribution in [0.4, 0.5) is 15.8 Å². The van der Waals surface area contributed by atoms with Crippen LogP contribution in [0.25, 0.3) is 0 Å². The summed E-state index contributed by atoms with van der Waals surface area (Å²) in [6.45, 7) is 0.686. The number of anilines is 2. The van der Waals surface area contributed by atoms with Crippen molar-refractivity contribution in [2.75, 3.05) is 17.2 Å². The van der Waals surface area contributed by atoms with E-state index in [1.807, 2.05) is 42.5 Å². The van der Waals surface area contributed by atoms with Crippen LogP contribution in [-0.4, -0.2) is 18.4 Å². The van der Waals surface area contributed by atoms with Gasteiger partial charge < -0.3 is 20.1 Å². The number of aryl methyl sites for hydroxylation is 1. The van der Waals surface area contributed by atoms with Gasteiger partial charge in [-0.2, -0.15) is 0 Å². The van der Waals surface area contributed by atoms with Crippen molar-refractivity contribution in [3.63, 3.8) is 0 Å². The van der Waals surface area contributed by atoms with Gasteiger partial charge in [0.2, 0.25) is 11.8 Å². The first-order valence-corrected chi connectivity index (χ1v) is 10.9. The largest absolute Gasteiger partial charge is 0.494 e. The second-order valence-corrected chi connectivity index (χ2v) is 7.81. The van der Waals surface area contributed by atoms with Gasteiger partial charge in [0.25, 0.3) is 0 Å². The first kappa shape index (κ1) is 22.3. The Labute approximate surface area is 191 Å². The number of rotatable bonds is 9. The number of hydrogen-bond donors (Lipinski definition) is 2. The molecule has 0 saturated heterocycles. The molecular weight excluding hydrogens is 423 g/mol. The lowest BCUT2D eigenvalue weighted by molar-refractivity contribution is -0.117. The molecule has 7 heteroatoms. The maximum Gasteiger partial charge on any atom is 0.224 e. The average Bonchev–Trinajstić information content (AvgIpc) is 2.81. The molecular formula is C26H25FN2O4. The van der Waals surface area contributed by atoms with Gasteiger partial charge in [-0.3, -0.25) is 9.59 Å². The van der Waals surface area contributed by atoms with Gasteiger partial charge in [-0.15, -0.1) is 0 Å². The fourth-order valence-corrected chi connectivity index (χ4v) is 3.56. The summed E-state index contributed by atoms with van der Waals surface area (Å²) < 4.78 is 24.6. The molecule has 0 atom stereocenters. The van der Waals surface area contributed by atoms with E-state index in [9.17, 15) is 14.0 Å². The highest BCUT2D eigenvalue weighted by atomic mass is 19.1. The van der Waals surface area contributed by atoms with E-state index in [-0.39, 0.29) is 24.2 Å². The number of carbonyl (C=O) groups is 2. The second-order valence-electron chi connectivity index (χ2n) is 7.81. The zero-order valence-corrected chi connectivity index (χ0v) is 18.1. The summed E-state index contributed by atoms with van der Waals surface area (Å²) in [6.07, 6.45) is 2.08. The molecule has 0 unspecified atom stereocenters. The van der Waals surface area contributed by atoms with Gasteiger partial charge in [0, 0.05) is 30.3 Å².